The van der Waals surface area contributed by atoms with Crippen LogP contribution in [0.3, 0.4) is 0 Å². The van der Waals surface area contributed by atoms with E-state index in [0.29, 0.717) is 16.4 Å². The van der Waals surface area contributed by atoms with Crippen LogP contribution in [0.2, 0.25) is 0 Å². The molecule has 0 unspecified atom stereocenters. The molecule has 0 bridgehead atoms. The van der Waals surface area contributed by atoms with E-state index in [4.69, 9.17) is 0 Å². The molecule has 0 aliphatic carbocycles. The normalized spacial score (nSPS) is 11.2. The Morgan fingerprint density at radius 2 is 2.04 bits per heavy atom. The molecule has 1 N–H and O–H groups in total. The molecule has 8 heteroatoms. The first-order chi connectivity index (χ1) is 12.4. The van der Waals surface area contributed by atoms with E-state index in [9.17, 15) is 10.1 Å². The molecule has 132 valence electrons. The van der Waals surface area contributed by atoms with Crippen molar-refractivity contribution in [2.45, 2.75) is 32.7 Å². The number of nitrogens with one attached hydrogen (secondary N) is 1. The number of hydrogen-bond acceptors (Lipinski definition) is 6. The first-order valence-electron chi connectivity index (χ1n) is 8.05. The summed E-state index contributed by atoms with van der Waals surface area (Å²) in [5.41, 5.74) is 1.14. The van der Waals surface area contributed by atoms with Gasteiger partial charge in [0, 0.05) is 4.88 Å². The lowest BCUT2D eigenvalue weighted by atomic mass is 10.1. The largest absolute Gasteiger partial charge is 0.316 e. The quantitative estimate of drug-likeness (QED) is 0.765. The molecule has 0 fully saturated rings. The van der Waals surface area contributed by atoms with Crippen LogP contribution in [-0.4, -0.2) is 26.1 Å². The third kappa shape index (κ3) is 3.95. The SMILES string of the molecule is CC(C)(C)n1nnc(CC(=O)Nc2sc(-c3ccccc3)cc2C#N)n1. The molecule has 2 aromatic heterocycles. The van der Waals surface area contributed by atoms with Crippen molar-refractivity contribution in [1.29, 1.82) is 5.26 Å². The maximum absolute atomic E-state index is 12.3. The van der Waals surface area contributed by atoms with E-state index in [0.717, 1.165) is 10.4 Å². The number of nitriles is 1. The lowest BCUT2D eigenvalue weighted by molar-refractivity contribution is -0.115. The number of carbonyl (C=O) groups is 1. The number of aromatic nitrogens is 4. The fourth-order valence-electron chi connectivity index (χ4n) is 2.22. The highest BCUT2D eigenvalue weighted by atomic mass is 32.1. The summed E-state index contributed by atoms with van der Waals surface area (Å²) in [5.74, 6) is 0.0622. The van der Waals surface area contributed by atoms with Crippen molar-refractivity contribution in [2.24, 2.45) is 0 Å². The summed E-state index contributed by atoms with van der Waals surface area (Å²) in [6, 6.07) is 13.6. The van der Waals surface area contributed by atoms with Crippen LogP contribution in [0.4, 0.5) is 5.00 Å². The Morgan fingerprint density at radius 1 is 1.31 bits per heavy atom. The Kier molecular flexibility index (Phi) is 4.82. The van der Waals surface area contributed by atoms with Crippen LogP contribution in [0.5, 0.6) is 0 Å². The standard InChI is InChI=1S/C18H18N6OS/c1-18(2,3)24-22-15(21-23-24)10-16(25)20-17-13(11-19)9-14(26-17)12-7-5-4-6-8-12/h4-9H,10H2,1-3H3,(H,20,25). The molecule has 0 radical (unpaired) electrons. The number of rotatable bonds is 4. The maximum atomic E-state index is 12.3. The van der Waals surface area contributed by atoms with Gasteiger partial charge in [-0.3, -0.25) is 4.79 Å². The van der Waals surface area contributed by atoms with Crippen molar-refractivity contribution < 1.29 is 4.79 Å². The Balaban J connectivity index is 1.74. The van der Waals surface area contributed by atoms with Crippen molar-refractivity contribution in [3.8, 4) is 16.5 Å². The fraction of sp³-hybridized carbons (Fsp3) is 0.278. The molecule has 7 nitrogen and oxygen atoms in total. The fourth-order valence-corrected chi connectivity index (χ4v) is 3.25. The summed E-state index contributed by atoms with van der Waals surface area (Å²) in [7, 11) is 0. The van der Waals surface area contributed by atoms with Gasteiger partial charge in [0.15, 0.2) is 5.82 Å². The van der Waals surface area contributed by atoms with Crippen LogP contribution in [0.15, 0.2) is 36.4 Å². The first-order valence-corrected chi connectivity index (χ1v) is 8.87. The third-order valence-corrected chi connectivity index (χ3v) is 4.64. The summed E-state index contributed by atoms with van der Waals surface area (Å²) >= 11 is 1.37. The topological polar surface area (TPSA) is 96.5 Å². The molecule has 0 atom stereocenters. The van der Waals surface area contributed by atoms with Gasteiger partial charge >= 0.3 is 0 Å². The Bertz CT molecular complexity index is 962. The van der Waals surface area contributed by atoms with Gasteiger partial charge in [0.1, 0.15) is 11.1 Å². The van der Waals surface area contributed by atoms with Crippen LogP contribution in [-0.2, 0) is 16.8 Å². The van der Waals surface area contributed by atoms with Crippen LogP contribution in [0.1, 0.15) is 32.2 Å². The van der Waals surface area contributed by atoms with Crippen molar-refractivity contribution >= 4 is 22.2 Å². The van der Waals surface area contributed by atoms with Crippen molar-refractivity contribution in [1.82, 2.24) is 20.2 Å². The van der Waals surface area contributed by atoms with E-state index < -0.39 is 0 Å². The van der Waals surface area contributed by atoms with Gasteiger partial charge < -0.3 is 5.32 Å². The molecule has 1 aromatic carbocycles. The maximum Gasteiger partial charge on any atom is 0.232 e. The smallest absolute Gasteiger partial charge is 0.232 e. The molecule has 1 amide bonds. The number of hydrogen-bond donors (Lipinski definition) is 1. The van der Waals surface area contributed by atoms with Crippen molar-refractivity contribution in [3.63, 3.8) is 0 Å². The highest BCUT2D eigenvalue weighted by Gasteiger charge is 2.19. The van der Waals surface area contributed by atoms with Gasteiger partial charge in [-0.1, -0.05) is 30.3 Å². The summed E-state index contributed by atoms with van der Waals surface area (Å²) in [6.07, 6.45) is -0.000477. The van der Waals surface area contributed by atoms with E-state index in [2.05, 4.69) is 26.8 Å². The monoisotopic (exact) mass is 366 g/mol. The number of carbonyl (C=O) groups excluding carboxylic acids is 1. The van der Waals surface area contributed by atoms with Gasteiger partial charge in [-0.15, -0.1) is 21.5 Å². The number of nitrogens with zero attached hydrogens (tertiary/aromatic N) is 5. The van der Waals surface area contributed by atoms with Crippen LogP contribution in [0, 0.1) is 11.3 Å². The third-order valence-electron chi connectivity index (χ3n) is 3.54. The molecule has 0 aliphatic rings. The van der Waals surface area contributed by atoms with Crippen molar-refractivity contribution in [2.75, 3.05) is 5.32 Å². The summed E-state index contributed by atoms with van der Waals surface area (Å²) in [5, 5.41) is 24.8. The highest BCUT2D eigenvalue weighted by Crippen LogP contribution is 2.35. The van der Waals surface area contributed by atoms with E-state index in [1.54, 1.807) is 6.07 Å². The molecule has 3 rings (SSSR count). The van der Waals surface area contributed by atoms with Gasteiger partial charge in [-0.2, -0.15) is 10.1 Å². The number of benzene rings is 1. The van der Waals surface area contributed by atoms with E-state index in [1.165, 1.54) is 16.1 Å². The van der Waals surface area contributed by atoms with Gasteiger partial charge in [0.25, 0.3) is 0 Å². The highest BCUT2D eigenvalue weighted by molar-refractivity contribution is 7.19. The van der Waals surface area contributed by atoms with Gasteiger partial charge in [-0.05, 0) is 37.6 Å². The lowest BCUT2D eigenvalue weighted by Gasteiger charge is -2.15. The first kappa shape index (κ1) is 17.8. The van der Waals surface area contributed by atoms with Gasteiger partial charge in [-0.25, -0.2) is 0 Å². The lowest BCUT2D eigenvalue weighted by Crippen LogP contribution is -2.25. The van der Waals surface area contributed by atoms with Crippen LogP contribution < -0.4 is 5.32 Å². The Labute approximate surface area is 155 Å². The summed E-state index contributed by atoms with van der Waals surface area (Å²) < 4.78 is 0. The molecule has 2 heterocycles. The minimum Gasteiger partial charge on any atom is -0.316 e. The zero-order chi connectivity index (χ0) is 18.7. The second kappa shape index (κ2) is 7.06. The Morgan fingerprint density at radius 3 is 2.65 bits per heavy atom. The average molecular weight is 366 g/mol. The zero-order valence-electron chi connectivity index (χ0n) is 14.7. The van der Waals surface area contributed by atoms with Crippen LogP contribution >= 0.6 is 11.3 Å². The molecular formula is C18H18N6OS. The van der Waals surface area contributed by atoms with Crippen LogP contribution in [0.25, 0.3) is 10.4 Å². The second-order valence-corrected chi connectivity index (χ2v) is 7.77. The average Bonchev–Trinajstić information content (AvgIpc) is 3.22. The molecule has 0 aliphatic heterocycles. The number of thiophene rings is 1. The minimum atomic E-state index is -0.298. The number of anilines is 1. The second-order valence-electron chi connectivity index (χ2n) is 6.72. The predicted molar refractivity (Wildman–Crippen MR) is 99.6 cm³/mol. The zero-order valence-corrected chi connectivity index (χ0v) is 15.5. The molecule has 0 saturated carbocycles. The van der Waals surface area contributed by atoms with Gasteiger partial charge in [0.2, 0.25) is 5.91 Å². The molecule has 26 heavy (non-hydrogen) atoms. The number of tetrazole rings is 1. The van der Waals surface area contributed by atoms with E-state index in [1.807, 2.05) is 51.1 Å². The van der Waals surface area contributed by atoms with Gasteiger partial charge in [0.05, 0.1) is 17.5 Å². The minimum absolute atomic E-state index is 0.000477. The van der Waals surface area contributed by atoms with Crippen molar-refractivity contribution in [3.05, 3.63) is 47.8 Å². The Hall–Kier alpha value is -3.05. The van der Waals surface area contributed by atoms with E-state index >= 15 is 0 Å². The molecule has 3 aromatic rings. The molecule has 0 spiro atoms. The number of amides is 1. The molecular weight excluding hydrogens is 348 g/mol. The summed E-state index contributed by atoms with van der Waals surface area (Å²) in [4.78, 5) is 14.7. The summed E-state index contributed by atoms with van der Waals surface area (Å²) in [6.45, 7) is 5.86. The van der Waals surface area contributed by atoms with E-state index in [-0.39, 0.29) is 17.9 Å². The predicted octanol–water partition coefficient (Wildman–Crippen LogP) is 3.21. The molecule has 0 saturated heterocycles.